The highest BCUT2D eigenvalue weighted by molar-refractivity contribution is 5.90. The Hall–Kier alpha value is -2.04. The van der Waals surface area contributed by atoms with Crippen molar-refractivity contribution in [3.63, 3.8) is 0 Å². The van der Waals surface area contributed by atoms with Crippen LogP contribution in [0.5, 0.6) is 0 Å². The molecule has 2 aliphatic carbocycles. The fourth-order valence-electron chi connectivity index (χ4n) is 2.89. The SMILES string of the molecule is CC1(NC(=O)Nc2ccc(C3(C(=O)O)CC3)cc2)CCC1. The van der Waals surface area contributed by atoms with Gasteiger partial charge in [-0.3, -0.25) is 4.79 Å². The number of hydrogen-bond donors (Lipinski definition) is 3. The summed E-state index contributed by atoms with van der Waals surface area (Å²) >= 11 is 0. The van der Waals surface area contributed by atoms with Gasteiger partial charge in [0, 0.05) is 11.2 Å². The smallest absolute Gasteiger partial charge is 0.319 e. The summed E-state index contributed by atoms with van der Waals surface area (Å²) in [6.45, 7) is 2.04. The third-order valence-electron chi connectivity index (χ3n) is 4.73. The van der Waals surface area contributed by atoms with E-state index in [4.69, 9.17) is 0 Å². The molecule has 112 valence electrons. The number of carbonyl (C=O) groups excluding carboxylic acids is 1. The molecular weight excluding hydrogens is 268 g/mol. The predicted molar refractivity (Wildman–Crippen MR) is 79.4 cm³/mol. The summed E-state index contributed by atoms with van der Waals surface area (Å²) in [4.78, 5) is 23.2. The molecule has 21 heavy (non-hydrogen) atoms. The van der Waals surface area contributed by atoms with Gasteiger partial charge in [-0.2, -0.15) is 0 Å². The molecular formula is C16H20N2O3. The van der Waals surface area contributed by atoms with Crippen molar-refractivity contribution in [3.8, 4) is 0 Å². The molecule has 5 heteroatoms. The van der Waals surface area contributed by atoms with Crippen molar-refractivity contribution < 1.29 is 14.7 Å². The Labute approximate surface area is 123 Å². The van der Waals surface area contributed by atoms with Gasteiger partial charge in [0.05, 0.1) is 5.41 Å². The molecule has 0 unspecified atom stereocenters. The first-order valence-electron chi connectivity index (χ1n) is 7.37. The van der Waals surface area contributed by atoms with Crippen LogP contribution in [0, 0.1) is 0 Å². The van der Waals surface area contributed by atoms with Crippen LogP contribution < -0.4 is 10.6 Å². The Kier molecular flexibility index (Phi) is 3.15. The van der Waals surface area contributed by atoms with Crippen molar-refractivity contribution in [1.29, 1.82) is 0 Å². The minimum Gasteiger partial charge on any atom is -0.481 e. The molecule has 3 N–H and O–H groups in total. The number of carboxylic acids is 1. The van der Waals surface area contributed by atoms with Gasteiger partial charge in [0.1, 0.15) is 0 Å². The molecule has 2 saturated carbocycles. The van der Waals surface area contributed by atoms with E-state index in [9.17, 15) is 14.7 Å². The van der Waals surface area contributed by atoms with Gasteiger partial charge in [-0.25, -0.2) is 4.79 Å². The van der Waals surface area contributed by atoms with Crippen LogP contribution in [0.4, 0.5) is 10.5 Å². The van der Waals surface area contributed by atoms with Gasteiger partial charge in [-0.15, -0.1) is 0 Å². The van der Waals surface area contributed by atoms with E-state index in [2.05, 4.69) is 10.6 Å². The van der Waals surface area contributed by atoms with Crippen molar-refractivity contribution in [2.24, 2.45) is 0 Å². The number of hydrogen-bond acceptors (Lipinski definition) is 2. The minimum atomic E-state index is -0.765. The van der Waals surface area contributed by atoms with E-state index in [1.807, 2.05) is 6.92 Å². The molecule has 5 nitrogen and oxygen atoms in total. The highest BCUT2D eigenvalue weighted by atomic mass is 16.4. The predicted octanol–water partition coefficient (Wildman–Crippen LogP) is 2.87. The Morgan fingerprint density at radius 2 is 1.71 bits per heavy atom. The van der Waals surface area contributed by atoms with E-state index in [1.54, 1.807) is 24.3 Å². The summed E-state index contributed by atoms with van der Waals surface area (Å²) in [5, 5.41) is 15.0. The molecule has 2 aliphatic rings. The summed E-state index contributed by atoms with van der Waals surface area (Å²) in [5.41, 5.74) is 0.721. The van der Waals surface area contributed by atoms with Crippen molar-refractivity contribution in [3.05, 3.63) is 29.8 Å². The van der Waals surface area contributed by atoms with Crippen LogP contribution in [0.25, 0.3) is 0 Å². The van der Waals surface area contributed by atoms with Crippen LogP contribution in [0.2, 0.25) is 0 Å². The molecule has 0 atom stereocenters. The number of carbonyl (C=O) groups is 2. The van der Waals surface area contributed by atoms with Crippen molar-refractivity contribution in [2.75, 3.05) is 5.32 Å². The second kappa shape index (κ2) is 4.76. The molecule has 0 aromatic heterocycles. The molecule has 0 saturated heterocycles. The topological polar surface area (TPSA) is 78.4 Å². The van der Waals surface area contributed by atoms with Crippen LogP contribution in [0.1, 0.15) is 44.6 Å². The summed E-state index contributed by atoms with van der Waals surface area (Å²) in [7, 11) is 0. The van der Waals surface area contributed by atoms with Crippen molar-refractivity contribution >= 4 is 17.7 Å². The van der Waals surface area contributed by atoms with Crippen molar-refractivity contribution in [2.45, 2.75) is 50.0 Å². The molecule has 2 amide bonds. The fraction of sp³-hybridized carbons (Fsp3) is 0.500. The zero-order chi connectivity index (χ0) is 15.1. The third-order valence-corrected chi connectivity index (χ3v) is 4.73. The van der Waals surface area contributed by atoms with E-state index in [0.29, 0.717) is 18.5 Å². The van der Waals surface area contributed by atoms with Gasteiger partial charge in [0.2, 0.25) is 0 Å². The first-order valence-corrected chi connectivity index (χ1v) is 7.37. The van der Waals surface area contributed by atoms with E-state index in [1.165, 1.54) is 0 Å². The number of carboxylic acid groups (broad SMARTS) is 1. The maximum atomic E-state index is 11.9. The van der Waals surface area contributed by atoms with E-state index >= 15 is 0 Å². The summed E-state index contributed by atoms with van der Waals surface area (Å²) < 4.78 is 0. The Balaban J connectivity index is 1.62. The lowest BCUT2D eigenvalue weighted by molar-refractivity contribution is -0.140. The second-order valence-corrected chi connectivity index (χ2v) is 6.46. The number of aliphatic carboxylic acids is 1. The number of rotatable bonds is 4. The van der Waals surface area contributed by atoms with E-state index in [0.717, 1.165) is 24.8 Å². The van der Waals surface area contributed by atoms with E-state index < -0.39 is 11.4 Å². The Morgan fingerprint density at radius 3 is 2.14 bits per heavy atom. The first-order chi connectivity index (χ1) is 9.93. The zero-order valence-electron chi connectivity index (χ0n) is 12.1. The number of nitrogens with one attached hydrogen (secondary N) is 2. The third kappa shape index (κ3) is 2.60. The minimum absolute atomic E-state index is 0.0780. The largest absolute Gasteiger partial charge is 0.481 e. The molecule has 0 radical (unpaired) electrons. The molecule has 1 aromatic carbocycles. The Bertz CT molecular complexity index is 572. The van der Waals surface area contributed by atoms with Crippen LogP contribution in [-0.4, -0.2) is 22.6 Å². The second-order valence-electron chi connectivity index (χ2n) is 6.46. The Morgan fingerprint density at radius 1 is 1.10 bits per heavy atom. The molecule has 3 rings (SSSR count). The standard InChI is InChI=1S/C16H20N2O3/c1-15(7-2-8-15)18-14(21)17-12-5-3-11(4-6-12)16(9-10-16)13(19)20/h3-6H,2,7-10H2,1H3,(H,19,20)(H2,17,18,21). The quantitative estimate of drug-likeness (QED) is 0.797. The average molecular weight is 288 g/mol. The highest BCUT2D eigenvalue weighted by Crippen LogP contribution is 2.48. The molecule has 0 heterocycles. The van der Waals surface area contributed by atoms with Gasteiger partial charge in [-0.1, -0.05) is 12.1 Å². The zero-order valence-corrected chi connectivity index (χ0v) is 12.1. The average Bonchev–Trinajstić information content (AvgIpc) is 3.19. The summed E-state index contributed by atoms with van der Waals surface area (Å²) in [6.07, 6.45) is 4.56. The fourth-order valence-corrected chi connectivity index (χ4v) is 2.89. The van der Waals surface area contributed by atoms with Gasteiger partial charge < -0.3 is 15.7 Å². The monoisotopic (exact) mass is 288 g/mol. The van der Waals surface area contributed by atoms with Gasteiger partial charge in [0.25, 0.3) is 0 Å². The summed E-state index contributed by atoms with van der Waals surface area (Å²) in [6, 6.07) is 6.91. The van der Waals surface area contributed by atoms with Crippen LogP contribution in [0.15, 0.2) is 24.3 Å². The molecule has 0 bridgehead atoms. The number of urea groups is 1. The van der Waals surface area contributed by atoms with Crippen LogP contribution >= 0.6 is 0 Å². The van der Waals surface area contributed by atoms with Gasteiger partial charge in [-0.05, 0) is 56.7 Å². The molecule has 1 aromatic rings. The lowest BCUT2D eigenvalue weighted by Gasteiger charge is -2.39. The van der Waals surface area contributed by atoms with Gasteiger partial charge in [0.15, 0.2) is 0 Å². The normalized spacial score (nSPS) is 21.0. The van der Waals surface area contributed by atoms with Crippen LogP contribution in [0.3, 0.4) is 0 Å². The lowest BCUT2D eigenvalue weighted by Crippen LogP contribution is -2.52. The van der Waals surface area contributed by atoms with Crippen molar-refractivity contribution in [1.82, 2.24) is 5.32 Å². The number of amides is 2. The lowest BCUT2D eigenvalue weighted by atomic mass is 9.79. The molecule has 2 fully saturated rings. The number of benzene rings is 1. The maximum absolute atomic E-state index is 11.9. The molecule has 0 spiro atoms. The summed E-state index contributed by atoms with van der Waals surface area (Å²) in [5.74, 6) is -0.765. The first kappa shape index (κ1) is 13.9. The van der Waals surface area contributed by atoms with Gasteiger partial charge >= 0.3 is 12.0 Å². The van der Waals surface area contributed by atoms with Crippen LogP contribution in [-0.2, 0) is 10.2 Å². The highest BCUT2D eigenvalue weighted by Gasteiger charge is 2.51. The maximum Gasteiger partial charge on any atom is 0.319 e. The number of anilines is 1. The van der Waals surface area contributed by atoms with E-state index in [-0.39, 0.29) is 11.6 Å². The molecule has 0 aliphatic heterocycles.